The summed E-state index contributed by atoms with van der Waals surface area (Å²) in [5, 5.41) is 9.40. The number of aliphatic hydroxyl groups excluding tert-OH is 1. The maximum atomic E-state index is 9.40. The summed E-state index contributed by atoms with van der Waals surface area (Å²) >= 11 is 0. The van der Waals surface area contributed by atoms with Crippen LogP contribution in [0.1, 0.15) is 88.4 Å². The van der Waals surface area contributed by atoms with Crippen LogP contribution in [-0.4, -0.2) is 24.6 Å². The zero-order chi connectivity index (χ0) is 18.0. The predicted molar refractivity (Wildman–Crippen MR) is 103 cm³/mol. The smallest absolute Gasteiger partial charge is 0.178 e. The highest BCUT2D eigenvalue weighted by molar-refractivity contribution is 5.32. The second-order valence-corrected chi connectivity index (χ2v) is 8.97. The summed E-state index contributed by atoms with van der Waals surface area (Å²) < 4.78 is 11.0. The Morgan fingerprint density at radius 3 is 2.19 bits per heavy atom. The Morgan fingerprint density at radius 1 is 0.923 bits per heavy atom. The molecule has 2 bridgehead atoms. The molecule has 1 heterocycles. The van der Waals surface area contributed by atoms with Gasteiger partial charge < -0.3 is 14.6 Å². The number of ether oxygens (including phenoxy) is 2. The van der Waals surface area contributed by atoms with E-state index in [4.69, 9.17) is 9.47 Å². The molecule has 0 aromatic heterocycles. The molecule has 0 radical (unpaired) electrons. The minimum Gasteiger partial charge on any atom is -0.366 e. The first kappa shape index (κ1) is 18.5. The molecule has 144 valence electrons. The molecule has 3 nitrogen and oxygen atoms in total. The van der Waals surface area contributed by atoms with Crippen molar-refractivity contribution in [2.45, 2.75) is 88.9 Å². The van der Waals surface area contributed by atoms with E-state index in [0.717, 1.165) is 5.56 Å². The van der Waals surface area contributed by atoms with Gasteiger partial charge in [0.25, 0.3) is 0 Å². The highest BCUT2D eigenvalue weighted by Crippen LogP contribution is 2.59. The normalized spacial score (nSPS) is 37.0. The molecule has 2 atom stereocenters. The van der Waals surface area contributed by atoms with Crippen LogP contribution in [-0.2, 0) is 14.9 Å². The average molecular weight is 359 g/mol. The molecule has 3 saturated carbocycles. The first-order valence-corrected chi connectivity index (χ1v) is 10.7. The summed E-state index contributed by atoms with van der Waals surface area (Å²) in [7, 11) is 0. The Kier molecular flexibility index (Phi) is 5.41. The van der Waals surface area contributed by atoms with Gasteiger partial charge in [0, 0.05) is 0 Å². The minimum absolute atomic E-state index is 0.0473. The van der Waals surface area contributed by atoms with Crippen molar-refractivity contribution in [3.63, 3.8) is 0 Å². The lowest BCUT2D eigenvalue weighted by Crippen LogP contribution is -2.44. The number of hydrogen-bond donors (Lipinski definition) is 1. The Morgan fingerprint density at radius 2 is 1.62 bits per heavy atom. The summed E-state index contributed by atoms with van der Waals surface area (Å²) in [4.78, 5) is 0. The summed E-state index contributed by atoms with van der Waals surface area (Å²) in [5.74, 6) is 0. The van der Waals surface area contributed by atoms with Crippen LogP contribution in [0.5, 0.6) is 0 Å². The van der Waals surface area contributed by atoms with Crippen LogP contribution in [0.25, 0.3) is 0 Å². The third kappa shape index (κ3) is 3.58. The number of rotatable bonds is 6. The maximum absolute atomic E-state index is 9.40. The molecule has 3 aliphatic carbocycles. The van der Waals surface area contributed by atoms with E-state index in [1.165, 1.54) is 69.8 Å². The van der Waals surface area contributed by atoms with Gasteiger partial charge in [0.1, 0.15) is 6.10 Å². The van der Waals surface area contributed by atoms with E-state index in [-0.39, 0.29) is 12.7 Å². The van der Waals surface area contributed by atoms with Crippen LogP contribution >= 0.6 is 0 Å². The quantitative estimate of drug-likeness (QED) is 0.705. The van der Waals surface area contributed by atoms with E-state index in [1.54, 1.807) is 0 Å². The number of aliphatic hydroxyl groups is 1. The lowest BCUT2D eigenvalue weighted by Gasteiger charge is -2.54. The zero-order valence-corrected chi connectivity index (χ0v) is 16.2. The van der Waals surface area contributed by atoms with Gasteiger partial charge in [-0.2, -0.15) is 0 Å². The van der Waals surface area contributed by atoms with Crippen molar-refractivity contribution < 1.29 is 14.6 Å². The van der Waals surface area contributed by atoms with Crippen molar-refractivity contribution in [3.8, 4) is 0 Å². The first-order valence-electron chi connectivity index (χ1n) is 10.7. The molecule has 1 aromatic rings. The van der Waals surface area contributed by atoms with Gasteiger partial charge in [-0.3, -0.25) is 0 Å². The Balaban J connectivity index is 1.40. The summed E-state index contributed by atoms with van der Waals surface area (Å²) in [6, 6.07) is 9.10. The van der Waals surface area contributed by atoms with Gasteiger partial charge in [-0.05, 0) is 66.9 Å². The van der Waals surface area contributed by atoms with Gasteiger partial charge in [-0.1, -0.05) is 50.5 Å². The van der Waals surface area contributed by atoms with Gasteiger partial charge >= 0.3 is 0 Å². The fourth-order valence-electron chi connectivity index (χ4n) is 5.56. The topological polar surface area (TPSA) is 38.7 Å². The monoisotopic (exact) mass is 358 g/mol. The van der Waals surface area contributed by atoms with E-state index in [9.17, 15) is 5.11 Å². The molecule has 3 heteroatoms. The van der Waals surface area contributed by atoms with E-state index in [2.05, 4.69) is 31.2 Å². The molecule has 26 heavy (non-hydrogen) atoms. The summed E-state index contributed by atoms with van der Waals surface area (Å²) in [6.07, 6.45) is 13.2. The van der Waals surface area contributed by atoms with Gasteiger partial charge in [-0.25, -0.2) is 0 Å². The van der Waals surface area contributed by atoms with Crippen molar-refractivity contribution in [1.29, 1.82) is 0 Å². The number of hydrogen-bond acceptors (Lipinski definition) is 3. The molecule has 1 N–H and O–H groups in total. The molecule has 1 aliphatic heterocycles. The molecule has 0 unspecified atom stereocenters. The minimum atomic E-state index is -0.772. The second-order valence-electron chi connectivity index (χ2n) is 8.97. The van der Waals surface area contributed by atoms with Crippen molar-refractivity contribution in [2.24, 2.45) is 5.41 Å². The molecule has 1 saturated heterocycles. The van der Waals surface area contributed by atoms with Crippen molar-refractivity contribution in [2.75, 3.05) is 13.2 Å². The molecule has 4 fully saturated rings. The number of fused-ring (bicyclic) bond motifs is 3. The second kappa shape index (κ2) is 7.61. The van der Waals surface area contributed by atoms with Crippen molar-refractivity contribution >= 4 is 0 Å². The van der Waals surface area contributed by atoms with E-state index >= 15 is 0 Å². The first-order chi connectivity index (χ1) is 12.6. The number of unbranched alkanes of at least 4 members (excludes halogenated alkanes) is 2. The molecule has 5 rings (SSSR count). The van der Waals surface area contributed by atoms with Crippen molar-refractivity contribution in [1.82, 2.24) is 0 Å². The standard InChI is InChI=1S/C23H34O3/c1-2-3-4-9-22-10-13-23(14-11-22,15-12-22)19-7-5-18(6-8-19)20-16-26-21(24)17-25-20/h5-8,20-21,24H,2-4,9-17H2,1H3/t20-,21+,22?,23?/m0/s1. The molecule has 4 aliphatic rings. The summed E-state index contributed by atoms with van der Waals surface area (Å²) in [5.41, 5.74) is 3.79. The lowest BCUT2D eigenvalue weighted by atomic mass is 9.51. The Labute approximate surface area is 158 Å². The van der Waals surface area contributed by atoms with Gasteiger partial charge in [0.2, 0.25) is 0 Å². The van der Waals surface area contributed by atoms with Crippen LogP contribution in [0.15, 0.2) is 24.3 Å². The highest BCUT2D eigenvalue weighted by atomic mass is 16.7. The SMILES string of the molecule is CCCCCC12CCC(c3ccc([C@@H]4CO[C@@H](O)CO4)cc3)(CC1)CC2. The third-order valence-corrected chi connectivity index (χ3v) is 7.49. The average Bonchev–Trinajstić information content (AvgIpc) is 2.70. The summed E-state index contributed by atoms with van der Waals surface area (Å²) in [6.45, 7) is 3.00. The van der Waals surface area contributed by atoms with Gasteiger partial charge in [0.15, 0.2) is 6.29 Å². The van der Waals surface area contributed by atoms with Gasteiger partial charge in [0.05, 0.1) is 13.2 Å². The molecule has 1 aromatic carbocycles. The Bertz CT molecular complexity index is 561. The van der Waals surface area contributed by atoms with Crippen molar-refractivity contribution in [3.05, 3.63) is 35.4 Å². The van der Waals surface area contributed by atoms with Crippen LogP contribution < -0.4 is 0 Å². The fraction of sp³-hybridized carbons (Fsp3) is 0.739. The molecule has 0 spiro atoms. The Hall–Kier alpha value is -0.900. The molecular weight excluding hydrogens is 324 g/mol. The van der Waals surface area contributed by atoms with Crippen LogP contribution in [0.4, 0.5) is 0 Å². The highest BCUT2D eigenvalue weighted by Gasteiger charge is 2.48. The van der Waals surface area contributed by atoms with Crippen LogP contribution in [0.2, 0.25) is 0 Å². The van der Waals surface area contributed by atoms with Crippen LogP contribution in [0, 0.1) is 5.41 Å². The fourth-order valence-corrected chi connectivity index (χ4v) is 5.56. The molecule has 0 amide bonds. The lowest BCUT2D eigenvalue weighted by molar-refractivity contribution is -0.214. The maximum Gasteiger partial charge on any atom is 0.178 e. The number of benzene rings is 1. The van der Waals surface area contributed by atoms with Gasteiger partial charge in [-0.15, -0.1) is 0 Å². The van der Waals surface area contributed by atoms with E-state index < -0.39 is 6.29 Å². The predicted octanol–water partition coefficient (Wildman–Crippen LogP) is 5.27. The van der Waals surface area contributed by atoms with E-state index in [1.807, 2.05) is 0 Å². The molecular formula is C23H34O3. The third-order valence-electron chi connectivity index (χ3n) is 7.49. The largest absolute Gasteiger partial charge is 0.366 e. The zero-order valence-electron chi connectivity index (χ0n) is 16.2. The van der Waals surface area contributed by atoms with E-state index in [0.29, 0.717) is 17.4 Å². The van der Waals surface area contributed by atoms with Crippen LogP contribution in [0.3, 0.4) is 0 Å².